The molecular weight excluding hydrogens is 360 g/mol. The second-order valence-corrected chi connectivity index (χ2v) is 6.86. The zero-order valence-corrected chi connectivity index (χ0v) is 15.9. The molecule has 27 heavy (non-hydrogen) atoms. The van der Waals surface area contributed by atoms with E-state index in [0.717, 1.165) is 34.8 Å². The van der Waals surface area contributed by atoms with Gasteiger partial charge in [0.1, 0.15) is 11.6 Å². The van der Waals surface area contributed by atoms with E-state index >= 15 is 0 Å². The quantitative estimate of drug-likeness (QED) is 0.467. The van der Waals surface area contributed by atoms with E-state index in [0.29, 0.717) is 17.1 Å². The summed E-state index contributed by atoms with van der Waals surface area (Å²) in [6.07, 6.45) is 3.72. The van der Waals surface area contributed by atoms with Crippen molar-refractivity contribution < 1.29 is 4.79 Å². The Morgan fingerprint density at radius 2 is 2.04 bits per heavy atom. The molecule has 4 aromatic rings. The van der Waals surface area contributed by atoms with Crippen molar-refractivity contribution in [2.45, 2.75) is 26.9 Å². The molecule has 5 nitrogen and oxygen atoms in total. The number of hydrogen-bond acceptors (Lipinski definition) is 3. The van der Waals surface area contributed by atoms with Gasteiger partial charge in [0.25, 0.3) is 0 Å². The number of nitrogens with zero attached hydrogens (tertiary/aromatic N) is 4. The number of fused-ring (bicyclic) bond motifs is 1. The summed E-state index contributed by atoms with van der Waals surface area (Å²) >= 11 is 6.13. The Labute approximate surface area is 162 Å². The minimum absolute atomic E-state index is 0.0438. The number of ketones is 1. The summed E-state index contributed by atoms with van der Waals surface area (Å²) in [5.41, 5.74) is 3.51. The first kappa shape index (κ1) is 17.5. The molecular formula is C21H19ClN4O. The van der Waals surface area contributed by atoms with E-state index in [1.807, 2.05) is 48.7 Å². The van der Waals surface area contributed by atoms with Gasteiger partial charge in [0, 0.05) is 35.1 Å². The van der Waals surface area contributed by atoms with Gasteiger partial charge in [-0.1, -0.05) is 23.7 Å². The van der Waals surface area contributed by atoms with E-state index in [2.05, 4.69) is 21.0 Å². The van der Waals surface area contributed by atoms with Crippen LogP contribution in [-0.4, -0.2) is 24.9 Å². The number of imidazole rings is 2. The standard InChI is InChI=1S/C21H19ClN4O/c1-3-26-19-8-7-15(14(2)27)12-18(19)24-20(26)13-25-10-9-23-21(25)16-5-4-6-17(22)11-16/h4-12H,3,13H2,1-2H3. The molecule has 0 aliphatic heterocycles. The summed E-state index contributed by atoms with van der Waals surface area (Å²) in [4.78, 5) is 21.0. The maximum Gasteiger partial charge on any atom is 0.159 e. The lowest BCUT2D eigenvalue weighted by Gasteiger charge is -2.10. The topological polar surface area (TPSA) is 52.7 Å². The third kappa shape index (κ3) is 3.26. The fourth-order valence-corrected chi connectivity index (χ4v) is 3.54. The fraction of sp³-hybridized carbons (Fsp3) is 0.190. The summed E-state index contributed by atoms with van der Waals surface area (Å²) in [5, 5.41) is 0.680. The zero-order valence-electron chi connectivity index (χ0n) is 15.2. The van der Waals surface area contributed by atoms with Crippen molar-refractivity contribution in [3.8, 4) is 11.4 Å². The molecule has 0 aliphatic carbocycles. The van der Waals surface area contributed by atoms with Crippen molar-refractivity contribution in [2.24, 2.45) is 0 Å². The molecule has 0 saturated heterocycles. The summed E-state index contributed by atoms with van der Waals surface area (Å²) in [5.74, 6) is 1.81. The maximum absolute atomic E-state index is 11.7. The minimum atomic E-state index is 0.0438. The lowest BCUT2D eigenvalue weighted by atomic mass is 10.1. The predicted molar refractivity (Wildman–Crippen MR) is 107 cm³/mol. The average Bonchev–Trinajstić information content (AvgIpc) is 3.25. The molecule has 0 saturated carbocycles. The smallest absolute Gasteiger partial charge is 0.159 e. The lowest BCUT2D eigenvalue weighted by Crippen LogP contribution is -2.08. The predicted octanol–water partition coefficient (Wildman–Crippen LogP) is 4.82. The molecule has 0 N–H and O–H groups in total. The average molecular weight is 379 g/mol. The van der Waals surface area contributed by atoms with E-state index in [1.165, 1.54) is 0 Å². The Kier molecular flexibility index (Phi) is 4.54. The molecule has 4 rings (SSSR count). The maximum atomic E-state index is 11.7. The number of hydrogen-bond donors (Lipinski definition) is 0. The van der Waals surface area contributed by atoms with Crippen molar-refractivity contribution in [3.05, 3.63) is 71.3 Å². The van der Waals surface area contributed by atoms with Crippen LogP contribution in [-0.2, 0) is 13.1 Å². The van der Waals surface area contributed by atoms with E-state index in [1.54, 1.807) is 13.1 Å². The van der Waals surface area contributed by atoms with Crippen LogP contribution in [0.4, 0.5) is 0 Å². The van der Waals surface area contributed by atoms with E-state index in [-0.39, 0.29) is 5.78 Å². The minimum Gasteiger partial charge on any atom is -0.327 e. The number of aryl methyl sites for hydroxylation is 1. The first-order valence-corrected chi connectivity index (χ1v) is 9.21. The second-order valence-electron chi connectivity index (χ2n) is 6.42. The van der Waals surface area contributed by atoms with E-state index < -0.39 is 0 Å². The summed E-state index contributed by atoms with van der Waals surface area (Å²) in [7, 11) is 0. The number of carbonyl (C=O) groups is 1. The van der Waals surface area contributed by atoms with E-state index in [4.69, 9.17) is 16.6 Å². The summed E-state index contributed by atoms with van der Waals surface area (Å²) in [6, 6.07) is 13.4. The number of rotatable bonds is 5. The third-order valence-electron chi connectivity index (χ3n) is 4.66. The van der Waals surface area contributed by atoms with Crippen molar-refractivity contribution in [1.29, 1.82) is 0 Å². The zero-order chi connectivity index (χ0) is 19.0. The molecule has 2 heterocycles. The molecule has 0 spiro atoms. The van der Waals surface area contributed by atoms with Crippen LogP contribution in [0.1, 0.15) is 30.0 Å². The van der Waals surface area contributed by atoms with Crippen molar-refractivity contribution in [1.82, 2.24) is 19.1 Å². The van der Waals surface area contributed by atoms with Crippen LogP contribution < -0.4 is 0 Å². The highest BCUT2D eigenvalue weighted by Crippen LogP contribution is 2.24. The number of carbonyl (C=O) groups excluding carboxylic acids is 1. The molecule has 0 fully saturated rings. The van der Waals surface area contributed by atoms with Crippen LogP contribution in [0.25, 0.3) is 22.4 Å². The monoisotopic (exact) mass is 378 g/mol. The van der Waals surface area contributed by atoms with Gasteiger partial charge in [0.2, 0.25) is 0 Å². The highest BCUT2D eigenvalue weighted by Gasteiger charge is 2.14. The lowest BCUT2D eigenvalue weighted by molar-refractivity contribution is 0.101. The Morgan fingerprint density at radius 3 is 2.78 bits per heavy atom. The van der Waals surface area contributed by atoms with Gasteiger partial charge in [-0.05, 0) is 44.2 Å². The van der Waals surface area contributed by atoms with Crippen molar-refractivity contribution >= 4 is 28.4 Å². The molecule has 2 aromatic carbocycles. The summed E-state index contributed by atoms with van der Waals surface area (Å²) < 4.78 is 4.23. The number of aromatic nitrogens is 4. The molecule has 2 aromatic heterocycles. The molecule has 0 aliphatic rings. The van der Waals surface area contributed by atoms with Gasteiger partial charge >= 0.3 is 0 Å². The number of Topliss-reactive ketones (excluding diaryl/α,β-unsaturated/α-hetero) is 1. The second kappa shape index (κ2) is 7.00. The van der Waals surface area contributed by atoms with E-state index in [9.17, 15) is 4.79 Å². The number of benzene rings is 2. The van der Waals surface area contributed by atoms with Gasteiger partial charge in [-0.2, -0.15) is 0 Å². The van der Waals surface area contributed by atoms with Gasteiger partial charge < -0.3 is 9.13 Å². The van der Waals surface area contributed by atoms with Gasteiger partial charge in [-0.25, -0.2) is 9.97 Å². The fourth-order valence-electron chi connectivity index (χ4n) is 3.35. The Hall–Kier alpha value is -2.92. The molecule has 0 unspecified atom stereocenters. The Balaban J connectivity index is 1.76. The third-order valence-corrected chi connectivity index (χ3v) is 4.90. The molecule has 6 heteroatoms. The largest absolute Gasteiger partial charge is 0.327 e. The number of halogens is 1. The van der Waals surface area contributed by atoms with Gasteiger partial charge in [-0.3, -0.25) is 4.79 Å². The van der Waals surface area contributed by atoms with Gasteiger partial charge in [0.15, 0.2) is 5.78 Å². The SMILES string of the molecule is CCn1c(Cn2ccnc2-c2cccc(Cl)c2)nc2cc(C(C)=O)ccc21. The Morgan fingerprint density at radius 1 is 1.19 bits per heavy atom. The molecule has 0 atom stereocenters. The van der Waals surface area contributed by atoms with Crippen LogP contribution in [0.5, 0.6) is 0 Å². The Bertz CT molecular complexity index is 1140. The van der Waals surface area contributed by atoms with Crippen molar-refractivity contribution in [2.75, 3.05) is 0 Å². The van der Waals surface area contributed by atoms with Crippen LogP contribution in [0, 0.1) is 0 Å². The van der Waals surface area contributed by atoms with Gasteiger partial charge in [-0.15, -0.1) is 0 Å². The first-order chi connectivity index (χ1) is 13.1. The van der Waals surface area contributed by atoms with Crippen LogP contribution >= 0.6 is 11.6 Å². The highest BCUT2D eigenvalue weighted by atomic mass is 35.5. The summed E-state index contributed by atoms with van der Waals surface area (Å²) in [6.45, 7) is 5.04. The van der Waals surface area contributed by atoms with Crippen LogP contribution in [0.3, 0.4) is 0 Å². The van der Waals surface area contributed by atoms with Gasteiger partial charge in [0.05, 0.1) is 17.6 Å². The molecule has 0 radical (unpaired) electrons. The highest BCUT2D eigenvalue weighted by molar-refractivity contribution is 6.30. The molecule has 0 amide bonds. The molecule has 136 valence electrons. The molecule has 0 bridgehead atoms. The van der Waals surface area contributed by atoms with Crippen LogP contribution in [0.15, 0.2) is 54.9 Å². The van der Waals surface area contributed by atoms with Crippen LogP contribution in [0.2, 0.25) is 5.02 Å². The normalized spacial score (nSPS) is 11.2. The van der Waals surface area contributed by atoms with Crippen molar-refractivity contribution in [3.63, 3.8) is 0 Å². The first-order valence-electron chi connectivity index (χ1n) is 8.84.